The minimum atomic E-state index is 0.705. The Labute approximate surface area is 354 Å². The van der Waals surface area contributed by atoms with Crippen LogP contribution < -0.4 is 0 Å². The quantitative estimate of drug-likeness (QED) is 0.154. The number of rotatable bonds is 8. The van der Waals surface area contributed by atoms with Crippen LogP contribution in [0, 0.1) is 0 Å². The number of fused-ring (bicyclic) bond motifs is 3. The predicted octanol–water partition coefficient (Wildman–Crippen LogP) is 15.7. The standard InChI is InChI=1S/C58H38N2O/c1-5-16-39(17-6-1)48-36-50(57(43-20-9-3-10-21-43)51(37-48)46-32-33-56-52(35-46)49-26-13-14-27-55(49)61-56)41-30-28-40(29-31-41)45-24-15-25-47(34-45)54-38-53(42-18-7-2-8-19-42)59-58(60-54)44-22-11-4-12-23-44/h1-38H. The van der Waals surface area contributed by atoms with Gasteiger partial charge in [-0.2, -0.15) is 0 Å². The van der Waals surface area contributed by atoms with E-state index in [-0.39, 0.29) is 0 Å². The lowest BCUT2D eigenvalue weighted by atomic mass is 9.84. The molecule has 0 atom stereocenters. The van der Waals surface area contributed by atoms with E-state index in [1.165, 1.54) is 22.3 Å². The summed E-state index contributed by atoms with van der Waals surface area (Å²) in [5.74, 6) is 0.705. The molecule has 286 valence electrons. The number of nitrogens with zero attached hydrogens (tertiary/aromatic N) is 2. The lowest BCUT2D eigenvalue weighted by Gasteiger charge is -2.19. The van der Waals surface area contributed by atoms with Crippen LogP contribution in [0.4, 0.5) is 0 Å². The van der Waals surface area contributed by atoms with E-state index in [4.69, 9.17) is 14.4 Å². The van der Waals surface area contributed by atoms with E-state index < -0.39 is 0 Å². The molecule has 11 rings (SSSR count). The Kier molecular flexibility index (Phi) is 9.18. The van der Waals surface area contributed by atoms with Gasteiger partial charge < -0.3 is 4.42 Å². The fraction of sp³-hybridized carbons (Fsp3) is 0. The van der Waals surface area contributed by atoms with Gasteiger partial charge in [-0.1, -0.05) is 188 Å². The molecule has 0 radical (unpaired) electrons. The van der Waals surface area contributed by atoms with Crippen molar-refractivity contribution in [3.8, 4) is 89.5 Å². The average molecular weight is 779 g/mol. The van der Waals surface area contributed by atoms with Gasteiger partial charge in [0.15, 0.2) is 5.82 Å². The summed E-state index contributed by atoms with van der Waals surface area (Å²) in [5, 5.41) is 2.23. The second-order valence-corrected chi connectivity index (χ2v) is 15.3. The highest BCUT2D eigenvalue weighted by Gasteiger charge is 2.19. The first-order chi connectivity index (χ1) is 30.2. The third-order valence-electron chi connectivity index (χ3n) is 11.5. The second kappa shape index (κ2) is 15.6. The first-order valence-corrected chi connectivity index (χ1v) is 20.6. The second-order valence-electron chi connectivity index (χ2n) is 15.3. The van der Waals surface area contributed by atoms with Crippen LogP contribution in [0.25, 0.3) is 111 Å². The first kappa shape index (κ1) is 36.0. The summed E-state index contributed by atoms with van der Waals surface area (Å²) < 4.78 is 6.27. The number of hydrogen-bond acceptors (Lipinski definition) is 3. The summed E-state index contributed by atoms with van der Waals surface area (Å²) in [6, 6.07) is 81.3. The number of furan rings is 1. The maximum absolute atomic E-state index is 6.27. The van der Waals surface area contributed by atoms with Gasteiger partial charge in [0, 0.05) is 27.5 Å². The molecule has 9 aromatic carbocycles. The van der Waals surface area contributed by atoms with E-state index in [1.54, 1.807) is 0 Å². The molecule has 2 heterocycles. The van der Waals surface area contributed by atoms with Crippen LogP contribution in [0.5, 0.6) is 0 Å². The van der Waals surface area contributed by atoms with Crippen molar-refractivity contribution in [3.05, 3.63) is 231 Å². The van der Waals surface area contributed by atoms with E-state index in [1.807, 2.05) is 48.5 Å². The number of hydrogen-bond donors (Lipinski definition) is 0. The maximum Gasteiger partial charge on any atom is 0.160 e. The zero-order valence-corrected chi connectivity index (χ0v) is 33.2. The van der Waals surface area contributed by atoms with Gasteiger partial charge in [0.1, 0.15) is 11.2 Å². The molecule has 0 aliphatic rings. The lowest BCUT2D eigenvalue weighted by molar-refractivity contribution is 0.669. The summed E-state index contributed by atoms with van der Waals surface area (Å²) in [4.78, 5) is 10.1. The molecule has 0 saturated carbocycles. The Hall–Kier alpha value is -8.14. The molecule has 11 aromatic rings. The maximum atomic E-state index is 6.27. The normalized spacial score (nSPS) is 11.3. The zero-order valence-electron chi connectivity index (χ0n) is 33.2. The van der Waals surface area contributed by atoms with Crippen LogP contribution in [-0.4, -0.2) is 9.97 Å². The molecule has 0 amide bonds. The van der Waals surface area contributed by atoms with Crippen LogP contribution in [0.15, 0.2) is 235 Å². The zero-order chi connectivity index (χ0) is 40.5. The van der Waals surface area contributed by atoms with Gasteiger partial charge in [-0.15, -0.1) is 0 Å². The van der Waals surface area contributed by atoms with Crippen LogP contribution in [0.2, 0.25) is 0 Å². The van der Waals surface area contributed by atoms with Crippen molar-refractivity contribution in [3.63, 3.8) is 0 Å². The summed E-state index contributed by atoms with van der Waals surface area (Å²) in [6.45, 7) is 0. The average Bonchev–Trinajstić information content (AvgIpc) is 3.73. The first-order valence-electron chi connectivity index (χ1n) is 20.6. The largest absolute Gasteiger partial charge is 0.456 e. The fourth-order valence-corrected chi connectivity index (χ4v) is 8.47. The van der Waals surface area contributed by atoms with Gasteiger partial charge in [-0.3, -0.25) is 0 Å². The molecule has 0 N–H and O–H groups in total. The Morgan fingerprint density at radius 2 is 0.754 bits per heavy atom. The van der Waals surface area contributed by atoms with Crippen molar-refractivity contribution in [2.24, 2.45) is 0 Å². The minimum Gasteiger partial charge on any atom is -0.456 e. The highest BCUT2D eigenvalue weighted by molar-refractivity contribution is 6.07. The van der Waals surface area contributed by atoms with Gasteiger partial charge >= 0.3 is 0 Å². The molecule has 3 nitrogen and oxygen atoms in total. The molecule has 0 fully saturated rings. The molecule has 0 aliphatic heterocycles. The third kappa shape index (κ3) is 6.98. The van der Waals surface area contributed by atoms with Gasteiger partial charge in [0.05, 0.1) is 11.4 Å². The van der Waals surface area contributed by atoms with Crippen LogP contribution >= 0.6 is 0 Å². The molecule has 0 saturated heterocycles. The van der Waals surface area contributed by atoms with E-state index in [0.717, 1.165) is 83.4 Å². The summed E-state index contributed by atoms with van der Waals surface area (Å²) in [7, 11) is 0. The van der Waals surface area contributed by atoms with Crippen molar-refractivity contribution < 1.29 is 4.42 Å². The summed E-state index contributed by atoms with van der Waals surface area (Å²) in [5.41, 5.74) is 18.2. The molecule has 2 aromatic heterocycles. The van der Waals surface area contributed by atoms with Gasteiger partial charge in [0.25, 0.3) is 0 Å². The van der Waals surface area contributed by atoms with Crippen LogP contribution in [-0.2, 0) is 0 Å². The molecular formula is C58H38N2O. The Bertz CT molecular complexity index is 3260. The number of aromatic nitrogens is 2. The fourth-order valence-electron chi connectivity index (χ4n) is 8.47. The molecule has 0 spiro atoms. The highest BCUT2D eigenvalue weighted by Crippen LogP contribution is 2.45. The Morgan fingerprint density at radius 3 is 1.46 bits per heavy atom. The van der Waals surface area contributed by atoms with Crippen LogP contribution in [0.1, 0.15) is 0 Å². The van der Waals surface area contributed by atoms with Crippen molar-refractivity contribution >= 4 is 21.9 Å². The Balaban J connectivity index is 1.04. The lowest BCUT2D eigenvalue weighted by Crippen LogP contribution is -1.96. The van der Waals surface area contributed by atoms with E-state index >= 15 is 0 Å². The van der Waals surface area contributed by atoms with Crippen molar-refractivity contribution in [1.29, 1.82) is 0 Å². The smallest absolute Gasteiger partial charge is 0.160 e. The predicted molar refractivity (Wildman–Crippen MR) is 253 cm³/mol. The molecule has 3 heteroatoms. The SMILES string of the molecule is c1ccc(-c2cc(-c3ccc(-c4cccc(-c5cc(-c6ccccc6)nc(-c6ccccc6)n5)c4)cc3)c(-c3ccccc3)c(-c3ccc4oc5ccccc5c4c3)c2)cc1. The number of benzene rings is 9. The molecule has 0 bridgehead atoms. The molecule has 61 heavy (non-hydrogen) atoms. The van der Waals surface area contributed by atoms with Gasteiger partial charge in [0.2, 0.25) is 0 Å². The van der Waals surface area contributed by atoms with Crippen molar-refractivity contribution in [2.45, 2.75) is 0 Å². The molecule has 0 aliphatic carbocycles. The third-order valence-corrected chi connectivity index (χ3v) is 11.5. The summed E-state index contributed by atoms with van der Waals surface area (Å²) >= 11 is 0. The van der Waals surface area contributed by atoms with E-state index in [2.05, 4.69) is 182 Å². The monoisotopic (exact) mass is 778 g/mol. The minimum absolute atomic E-state index is 0.705. The van der Waals surface area contributed by atoms with Gasteiger partial charge in [-0.05, 0) is 98.1 Å². The van der Waals surface area contributed by atoms with Crippen LogP contribution in [0.3, 0.4) is 0 Å². The van der Waals surface area contributed by atoms with Crippen molar-refractivity contribution in [1.82, 2.24) is 9.97 Å². The van der Waals surface area contributed by atoms with E-state index in [0.29, 0.717) is 5.82 Å². The van der Waals surface area contributed by atoms with Gasteiger partial charge in [-0.25, -0.2) is 9.97 Å². The van der Waals surface area contributed by atoms with Crippen molar-refractivity contribution in [2.75, 3.05) is 0 Å². The topological polar surface area (TPSA) is 38.9 Å². The van der Waals surface area contributed by atoms with E-state index in [9.17, 15) is 0 Å². The highest BCUT2D eigenvalue weighted by atomic mass is 16.3. The molecule has 0 unspecified atom stereocenters. The number of para-hydroxylation sites is 1. The molecular weight excluding hydrogens is 741 g/mol. The summed E-state index contributed by atoms with van der Waals surface area (Å²) in [6.07, 6.45) is 0. The Morgan fingerprint density at radius 1 is 0.262 bits per heavy atom.